The summed E-state index contributed by atoms with van der Waals surface area (Å²) in [6.07, 6.45) is 6.50. The number of aliphatic carboxylic acids is 2. The van der Waals surface area contributed by atoms with Crippen LogP contribution < -0.4 is 0 Å². The summed E-state index contributed by atoms with van der Waals surface area (Å²) in [5.41, 5.74) is 3.63. The fraction of sp³-hybridized carbons (Fsp3) is 0.433. The second kappa shape index (κ2) is 16.8. The summed E-state index contributed by atoms with van der Waals surface area (Å²) in [6.45, 7) is 4.99. The van der Waals surface area contributed by atoms with Gasteiger partial charge < -0.3 is 24.7 Å². The van der Waals surface area contributed by atoms with Gasteiger partial charge in [0.05, 0.1) is 5.69 Å². The molecule has 2 aromatic carbocycles. The average Bonchev–Trinajstić information content (AvgIpc) is 2.96. The van der Waals surface area contributed by atoms with Gasteiger partial charge >= 0.3 is 11.9 Å². The van der Waals surface area contributed by atoms with Crippen LogP contribution in [0.15, 0.2) is 65.7 Å². The normalized spacial score (nSPS) is 15.6. The van der Waals surface area contributed by atoms with Gasteiger partial charge in [-0.25, -0.2) is 19.0 Å². The molecular weight excluding hydrogens is 533 g/mol. The summed E-state index contributed by atoms with van der Waals surface area (Å²) < 4.78 is 18.7. The molecule has 1 saturated heterocycles. The van der Waals surface area contributed by atoms with Gasteiger partial charge in [0.2, 0.25) is 0 Å². The lowest BCUT2D eigenvalue weighted by Crippen LogP contribution is -2.45. The third kappa shape index (κ3) is 11.1. The van der Waals surface area contributed by atoms with E-state index in [0.29, 0.717) is 18.2 Å². The van der Waals surface area contributed by atoms with Crippen LogP contribution >= 0.6 is 11.8 Å². The minimum absolute atomic E-state index is 0.173. The molecule has 0 atom stereocenters. The average molecular weight is 572 g/mol. The third-order valence-corrected chi connectivity index (χ3v) is 7.86. The molecule has 0 amide bonds. The van der Waals surface area contributed by atoms with Crippen LogP contribution in [0.2, 0.25) is 0 Å². The molecule has 0 spiro atoms. The zero-order valence-electron chi connectivity index (χ0n) is 22.9. The molecule has 2 aromatic rings. The van der Waals surface area contributed by atoms with Crippen molar-refractivity contribution in [3.63, 3.8) is 0 Å². The maximum atomic E-state index is 12.9. The highest BCUT2D eigenvalue weighted by Crippen LogP contribution is 2.32. The van der Waals surface area contributed by atoms with Gasteiger partial charge in [0.1, 0.15) is 5.82 Å². The maximum absolute atomic E-state index is 12.9. The first-order valence-electron chi connectivity index (χ1n) is 13.5. The largest absolute Gasteiger partial charge is 0.478 e. The highest BCUT2D eigenvalue weighted by molar-refractivity contribution is 8.13. The molecule has 4 rings (SSSR count). The van der Waals surface area contributed by atoms with Crippen molar-refractivity contribution in [2.45, 2.75) is 43.9 Å². The Morgan fingerprint density at radius 3 is 2.38 bits per heavy atom. The Bertz CT molecular complexity index is 1130. The second-order valence-corrected chi connectivity index (χ2v) is 10.6. The van der Waals surface area contributed by atoms with Crippen LogP contribution in [0.1, 0.15) is 36.8 Å². The summed E-state index contributed by atoms with van der Waals surface area (Å²) >= 11 is 1.86. The van der Waals surface area contributed by atoms with Gasteiger partial charge in [-0.05, 0) is 61.4 Å². The first-order chi connectivity index (χ1) is 19.3. The predicted molar refractivity (Wildman–Crippen MR) is 157 cm³/mol. The Balaban J connectivity index is 0.000000482. The monoisotopic (exact) mass is 571 g/mol. The van der Waals surface area contributed by atoms with Crippen molar-refractivity contribution >= 4 is 34.6 Å². The number of ether oxygens (including phenoxy) is 1. The van der Waals surface area contributed by atoms with Crippen LogP contribution in [0, 0.1) is 5.82 Å². The van der Waals surface area contributed by atoms with Gasteiger partial charge in [-0.3, -0.25) is 0 Å². The number of hydrogen-bond acceptors (Lipinski definition) is 7. The summed E-state index contributed by atoms with van der Waals surface area (Å²) in [6, 6.07) is 15.8. The van der Waals surface area contributed by atoms with E-state index in [1.165, 1.54) is 36.1 Å². The van der Waals surface area contributed by atoms with Crippen molar-refractivity contribution in [3.05, 3.63) is 77.6 Å². The van der Waals surface area contributed by atoms with Crippen LogP contribution in [-0.2, 0) is 26.5 Å². The van der Waals surface area contributed by atoms with Crippen LogP contribution in [0.25, 0.3) is 0 Å². The first kappa shape index (κ1) is 31.3. The number of benzene rings is 2. The lowest BCUT2D eigenvalue weighted by Gasteiger charge is -2.38. The number of aryl methyl sites for hydroxylation is 1. The Morgan fingerprint density at radius 1 is 1.05 bits per heavy atom. The minimum Gasteiger partial charge on any atom is -0.478 e. The van der Waals surface area contributed by atoms with Crippen molar-refractivity contribution in [2.24, 2.45) is 4.99 Å². The number of carboxylic acid groups (broad SMARTS) is 2. The number of piperidine rings is 1. The molecule has 0 unspecified atom stereocenters. The van der Waals surface area contributed by atoms with Crippen molar-refractivity contribution in [2.75, 3.05) is 39.9 Å². The standard InChI is InChI=1S/C26H34FN3OS.C4H4O4/c1-29(26-28-25-8-3-2-7-22(25)20-32-26)24-13-16-30(17-14-24)15-5-19-31-18-4-6-21-9-11-23(27)12-10-21;5-3(6)1-2-4(7)8/h2-3,7-12,24H,4-6,13-20H2,1H3;1-2H,(H,5,6)(H,7,8). The number of rotatable bonds is 11. The van der Waals surface area contributed by atoms with Crippen molar-refractivity contribution in [1.29, 1.82) is 0 Å². The van der Waals surface area contributed by atoms with Gasteiger partial charge in [-0.15, -0.1) is 0 Å². The zero-order valence-corrected chi connectivity index (χ0v) is 23.7. The van der Waals surface area contributed by atoms with Crippen molar-refractivity contribution < 1.29 is 28.9 Å². The van der Waals surface area contributed by atoms with Gasteiger partial charge in [-0.2, -0.15) is 0 Å². The highest BCUT2D eigenvalue weighted by atomic mass is 32.2. The van der Waals surface area contributed by atoms with Crippen LogP contribution in [0.5, 0.6) is 0 Å². The number of halogens is 1. The van der Waals surface area contributed by atoms with E-state index in [-0.39, 0.29) is 5.82 Å². The van der Waals surface area contributed by atoms with Crippen LogP contribution in [0.4, 0.5) is 10.1 Å². The Kier molecular flexibility index (Phi) is 13.1. The van der Waals surface area contributed by atoms with Crippen LogP contribution in [-0.4, -0.2) is 83.1 Å². The van der Waals surface area contributed by atoms with E-state index in [4.69, 9.17) is 19.9 Å². The van der Waals surface area contributed by atoms with E-state index in [1.54, 1.807) is 0 Å². The third-order valence-electron chi connectivity index (χ3n) is 6.77. The number of carboxylic acids is 2. The summed E-state index contributed by atoms with van der Waals surface area (Å²) in [4.78, 5) is 29.0. The number of thioether (sulfide) groups is 1. The topological polar surface area (TPSA) is 103 Å². The van der Waals surface area contributed by atoms with E-state index >= 15 is 0 Å². The Hall–Kier alpha value is -3.21. The molecule has 2 heterocycles. The van der Waals surface area contributed by atoms with Gasteiger partial charge in [0, 0.05) is 63.8 Å². The van der Waals surface area contributed by atoms with Crippen LogP contribution in [0.3, 0.4) is 0 Å². The Morgan fingerprint density at radius 2 is 1.70 bits per heavy atom. The van der Waals surface area contributed by atoms with Gasteiger partial charge in [0.15, 0.2) is 5.17 Å². The molecule has 2 aliphatic rings. The number of nitrogens with zero attached hydrogens (tertiary/aromatic N) is 3. The van der Waals surface area contributed by atoms with E-state index in [1.807, 2.05) is 23.9 Å². The Labute approximate surface area is 239 Å². The SMILES string of the molecule is CN(C1=Nc2ccccc2CS1)C1CCN(CCCOCCCc2ccc(F)cc2)CC1.O=C(O)C=CC(=O)O. The molecule has 0 saturated carbocycles. The molecule has 10 heteroatoms. The maximum Gasteiger partial charge on any atom is 0.328 e. The summed E-state index contributed by atoms with van der Waals surface area (Å²) in [5.74, 6) is -1.67. The van der Waals surface area contributed by atoms with E-state index in [9.17, 15) is 14.0 Å². The number of aliphatic imine (C=N–C) groups is 1. The fourth-order valence-electron chi connectivity index (χ4n) is 4.55. The molecule has 0 radical (unpaired) electrons. The van der Waals surface area contributed by atoms with Crippen molar-refractivity contribution in [1.82, 2.24) is 9.80 Å². The van der Waals surface area contributed by atoms with Gasteiger partial charge in [0.25, 0.3) is 0 Å². The minimum atomic E-state index is -1.26. The molecule has 2 aliphatic heterocycles. The molecule has 0 bridgehead atoms. The lowest BCUT2D eigenvalue weighted by atomic mass is 10.0. The van der Waals surface area contributed by atoms with Gasteiger partial charge in [-0.1, -0.05) is 42.1 Å². The fourth-order valence-corrected chi connectivity index (χ4v) is 5.60. The quantitative estimate of drug-likeness (QED) is 0.280. The number of fused-ring (bicyclic) bond motifs is 1. The number of hydrogen-bond donors (Lipinski definition) is 2. The molecule has 1 fully saturated rings. The van der Waals surface area contributed by atoms with E-state index in [2.05, 4.69) is 41.1 Å². The zero-order chi connectivity index (χ0) is 28.7. The predicted octanol–water partition coefficient (Wildman–Crippen LogP) is 5.21. The lowest BCUT2D eigenvalue weighted by molar-refractivity contribution is -0.134. The molecular formula is C30H38FN3O5S. The number of para-hydroxylation sites is 1. The summed E-state index contributed by atoms with van der Waals surface area (Å²) in [5, 5.41) is 16.8. The first-order valence-corrected chi connectivity index (χ1v) is 14.5. The van der Waals surface area contributed by atoms with E-state index in [0.717, 1.165) is 68.7 Å². The van der Waals surface area contributed by atoms with Crippen molar-refractivity contribution in [3.8, 4) is 0 Å². The second-order valence-electron chi connectivity index (χ2n) is 9.70. The smallest absolute Gasteiger partial charge is 0.328 e. The molecule has 8 nitrogen and oxygen atoms in total. The number of amidine groups is 1. The molecule has 40 heavy (non-hydrogen) atoms. The molecule has 0 aromatic heterocycles. The number of carbonyl (C=O) groups is 2. The summed E-state index contributed by atoms with van der Waals surface area (Å²) in [7, 11) is 2.21. The van der Waals surface area contributed by atoms with E-state index < -0.39 is 11.9 Å². The highest BCUT2D eigenvalue weighted by Gasteiger charge is 2.26. The molecule has 0 aliphatic carbocycles. The molecule has 2 N–H and O–H groups in total. The molecule has 216 valence electrons. The number of likely N-dealkylation sites (tertiary alicyclic amines) is 1.